The lowest BCUT2D eigenvalue weighted by Crippen LogP contribution is -2.38. The van der Waals surface area contributed by atoms with E-state index in [9.17, 15) is 14.4 Å². The van der Waals surface area contributed by atoms with Crippen LogP contribution in [0, 0.1) is 0 Å². The molecule has 0 atom stereocenters. The lowest BCUT2D eigenvalue weighted by atomic mass is 10.1. The van der Waals surface area contributed by atoms with E-state index in [1.807, 2.05) is 6.92 Å². The van der Waals surface area contributed by atoms with Crippen LogP contribution in [0.2, 0.25) is 0 Å². The predicted octanol–water partition coefficient (Wildman–Crippen LogP) is 2.23. The zero-order valence-electron chi connectivity index (χ0n) is 13.0. The van der Waals surface area contributed by atoms with Crippen molar-refractivity contribution in [1.82, 2.24) is 0 Å². The molecule has 0 aliphatic carbocycles. The molecule has 0 saturated carbocycles. The number of hydrogen-bond donors (Lipinski definition) is 0. The van der Waals surface area contributed by atoms with Crippen molar-refractivity contribution in [2.75, 3.05) is 23.0 Å². The summed E-state index contributed by atoms with van der Waals surface area (Å²) in [5.74, 6) is -0.325. The Morgan fingerprint density at radius 2 is 1.67 bits per heavy atom. The molecule has 3 amide bonds. The Kier molecular flexibility index (Phi) is 3.13. The topological polar surface area (TPSA) is 66.9 Å². The molecular formula is C18H14N2O4. The van der Waals surface area contributed by atoms with Gasteiger partial charge in [-0.1, -0.05) is 12.1 Å². The van der Waals surface area contributed by atoms with Crippen LogP contribution in [-0.4, -0.2) is 30.9 Å². The maximum Gasteiger partial charge on any atom is 0.266 e. The van der Waals surface area contributed by atoms with Gasteiger partial charge in [-0.15, -0.1) is 0 Å². The first-order chi connectivity index (χ1) is 11.6. The Morgan fingerprint density at radius 1 is 1.00 bits per heavy atom. The fourth-order valence-electron chi connectivity index (χ4n) is 3.10. The predicted molar refractivity (Wildman–Crippen MR) is 87.5 cm³/mol. The molecular weight excluding hydrogens is 308 g/mol. The smallest absolute Gasteiger partial charge is 0.266 e. The number of amides is 3. The van der Waals surface area contributed by atoms with Gasteiger partial charge in [-0.3, -0.25) is 14.4 Å². The summed E-state index contributed by atoms with van der Waals surface area (Å²) in [7, 11) is 0. The second-order valence-corrected chi connectivity index (χ2v) is 5.57. The van der Waals surface area contributed by atoms with Gasteiger partial charge in [0, 0.05) is 12.6 Å². The van der Waals surface area contributed by atoms with E-state index in [0.717, 1.165) is 4.90 Å². The van der Waals surface area contributed by atoms with Gasteiger partial charge >= 0.3 is 0 Å². The van der Waals surface area contributed by atoms with Crippen LogP contribution in [0.4, 0.5) is 11.4 Å². The van der Waals surface area contributed by atoms with Crippen LogP contribution < -0.4 is 14.5 Å². The Morgan fingerprint density at radius 3 is 2.29 bits per heavy atom. The van der Waals surface area contributed by atoms with Crippen molar-refractivity contribution in [3.05, 3.63) is 53.6 Å². The van der Waals surface area contributed by atoms with E-state index in [0.29, 0.717) is 34.8 Å². The number of imide groups is 1. The van der Waals surface area contributed by atoms with Gasteiger partial charge in [0.1, 0.15) is 5.75 Å². The Bertz CT molecular complexity index is 855. The lowest BCUT2D eigenvalue weighted by Gasteiger charge is -2.29. The number of carbonyl (C=O) groups is 3. The molecule has 0 fully saturated rings. The molecule has 0 spiro atoms. The van der Waals surface area contributed by atoms with E-state index in [-0.39, 0.29) is 24.3 Å². The van der Waals surface area contributed by atoms with Gasteiger partial charge in [-0.2, -0.15) is 0 Å². The molecule has 0 radical (unpaired) electrons. The highest BCUT2D eigenvalue weighted by atomic mass is 16.5. The Labute approximate surface area is 138 Å². The molecule has 0 bridgehead atoms. The molecule has 2 aromatic rings. The summed E-state index contributed by atoms with van der Waals surface area (Å²) >= 11 is 0. The van der Waals surface area contributed by atoms with Crippen molar-refractivity contribution in [2.45, 2.75) is 6.92 Å². The molecule has 0 aromatic heterocycles. The number of hydrogen-bond acceptors (Lipinski definition) is 4. The summed E-state index contributed by atoms with van der Waals surface area (Å²) < 4.78 is 5.48. The van der Waals surface area contributed by atoms with Gasteiger partial charge in [0.05, 0.1) is 22.5 Å². The number of fused-ring (bicyclic) bond motifs is 2. The summed E-state index contributed by atoms with van der Waals surface area (Å²) in [5.41, 5.74) is 1.87. The van der Waals surface area contributed by atoms with Crippen LogP contribution in [-0.2, 0) is 4.79 Å². The van der Waals surface area contributed by atoms with Crippen LogP contribution in [0.25, 0.3) is 0 Å². The summed E-state index contributed by atoms with van der Waals surface area (Å²) in [6, 6.07) is 11.7. The van der Waals surface area contributed by atoms with Crippen molar-refractivity contribution in [3.8, 4) is 5.75 Å². The standard InChI is InChI=1S/C18H14N2O4/c1-2-19-14-8-7-11(9-15(14)24-10-16(19)21)20-17(22)12-5-3-4-6-13(12)18(20)23/h3-9H,2,10H2,1H3. The molecule has 2 aromatic carbocycles. The largest absolute Gasteiger partial charge is 0.481 e. The zero-order valence-corrected chi connectivity index (χ0v) is 13.0. The molecule has 0 N–H and O–H groups in total. The molecule has 0 saturated heterocycles. The normalized spacial score (nSPS) is 16.1. The van der Waals surface area contributed by atoms with Crippen molar-refractivity contribution >= 4 is 29.1 Å². The first kappa shape index (κ1) is 14.4. The van der Waals surface area contributed by atoms with Crippen molar-refractivity contribution in [3.63, 3.8) is 0 Å². The van der Waals surface area contributed by atoms with Crippen molar-refractivity contribution < 1.29 is 19.1 Å². The average molecular weight is 322 g/mol. The molecule has 24 heavy (non-hydrogen) atoms. The summed E-state index contributed by atoms with van der Waals surface area (Å²) in [5, 5.41) is 0. The number of nitrogens with zero attached hydrogens (tertiary/aromatic N) is 2. The third-order valence-corrected chi connectivity index (χ3v) is 4.25. The molecule has 120 valence electrons. The van der Waals surface area contributed by atoms with Crippen molar-refractivity contribution in [1.29, 1.82) is 0 Å². The van der Waals surface area contributed by atoms with Gasteiger partial charge in [0.2, 0.25) is 0 Å². The van der Waals surface area contributed by atoms with Gasteiger partial charge in [-0.05, 0) is 31.2 Å². The summed E-state index contributed by atoms with van der Waals surface area (Å²) in [6.45, 7) is 2.36. The van der Waals surface area contributed by atoms with Gasteiger partial charge in [0.15, 0.2) is 6.61 Å². The molecule has 2 aliphatic rings. The maximum absolute atomic E-state index is 12.5. The molecule has 2 heterocycles. The minimum Gasteiger partial charge on any atom is -0.481 e. The van der Waals surface area contributed by atoms with E-state index in [4.69, 9.17) is 4.74 Å². The van der Waals surface area contributed by atoms with Crippen LogP contribution in [0.15, 0.2) is 42.5 Å². The second-order valence-electron chi connectivity index (χ2n) is 5.57. The van der Waals surface area contributed by atoms with Crippen LogP contribution in [0.5, 0.6) is 5.75 Å². The van der Waals surface area contributed by atoms with Gasteiger partial charge in [0.25, 0.3) is 17.7 Å². The first-order valence-corrected chi connectivity index (χ1v) is 7.67. The monoisotopic (exact) mass is 322 g/mol. The minimum absolute atomic E-state index is 0.0492. The third kappa shape index (κ3) is 1.93. The summed E-state index contributed by atoms with van der Waals surface area (Å²) in [6.07, 6.45) is 0. The Balaban J connectivity index is 1.76. The van der Waals surface area contributed by atoms with Gasteiger partial charge < -0.3 is 9.64 Å². The fraction of sp³-hybridized carbons (Fsp3) is 0.167. The number of rotatable bonds is 2. The van der Waals surface area contributed by atoms with E-state index >= 15 is 0 Å². The lowest BCUT2D eigenvalue weighted by molar-refractivity contribution is -0.121. The van der Waals surface area contributed by atoms with Crippen LogP contribution in [0.3, 0.4) is 0 Å². The second kappa shape index (κ2) is 5.19. The maximum atomic E-state index is 12.5. The fourth-order valence-corrected chi connectivity index (χ4v) is 3.10. The van der Waals surface area contributed by atoms with Gasteiger partial charge in [-0.25, -0.2) is 4.90 Å². The highest BCUT2D eigenvalue weighted by molar-refractivity contribution is 6.34. The van der Waals surface area contributed by atoms with Crippen LogP contribution in [0.1, 0.15) is 27.6 Å². The van der Waals surface area contributed by atoms with E-state index < -0.39 is 0 Å². The first-order valence-electron chi connectivity index (χ1n) is 7.67. The number of benzene rings is 2. The van der Waals surface area contributed by atoms with E-state index in [2.05, 4.69) is 0 Å². The molecule has 6 heteroatoms. The SMILES string of the molecule is CCN1C(=O)COc2cc(N3C(=O)c4ccccc4C3=O)ccc21. The highest BCUT2D eigenvalue weighted by Gasteiger charge is 2.37. The molecule has 2 aliphatic heterocycles. The third-order valence-electron chi connectivity index (χ3n) is 4.25. The molecule has 4 rings (SSSR count). The quantitative estimate of drug-likeness (QED) is 0.795. The van der Waals surface area contributed by atoms with E-state index in [1.54, 1.807) is 47.4 Å². The van der Waals surface area contributed by atoms with Crippen LogP contribution >= 0.6 is 0 Å². The van der Waals surface area contributed by atoms with E-state index in [1.165, 1.54) is 0 Å². The Hall–Kier alpha value is -3.15. The molecule has 6 nitrogen and oxygen atoms in total. The summed E-state index contributed by atoms with van der Waals surface area (Å²) in [4.78, 5) is 39.7. The van der Waals surface area contributed by atoms with Crippen molar-refractivity contribution in [2.24, 2.45) is 0 Å². The number of anilines is 2. The highest BCUT2D eigenvalue weighted by Crippen LogP contribution is 2.37. The number of likely N-dealkylation sites (N-methyl/N-ethyl adjacent to an activating group) is 1. The average Bonchev–Trinajstić information content (AvgIpc) is 2.86. The number of ether oxygens (including phenoxy) is 1. The molecule has 0 unspecified atom stereocenters. The zero-order chi connectivity index (χ0) is 16.8. The number of carbonyl (C=O) groups excluding carboxylic acids is 3. The minimum atomic E-state index is -0.352.